The number of carbonyl (C=O) groups excluding carboxylic acids is 1. The number of hydrogen-bond acceptors (Lipinski definition) is 4. The Bertz CT molecular complexity index is 1040. The van der Waals surface area contributed by atoms with Crippen molar-refractivity contribution in [1.29, 1.82) is 0 Å². The smallest absolute Gasteiger partial charge is 0.328 e. The predicted molar refractivity (Wildman–Crippen MR) is 105 cm³/mol. The number of anilines is 1. The minimum Gasteiger partial charge on any atom is -0.480 e. The van der Waals surface area contributed by atoms with Gasteiger partial charge in [-0.1, -0.05) is 29.3 Å². The molecule has 146 valence electrons. The zero-order valence-electron chi connectivity index (χ0n) is 15.1. The van der Waals surface area contributed by atoms with Gasteiger partial charge in [0.1, 0.15) is 11.7 Å². The zero-order valence-corrected chi connectivity index (χ0v) is 16.6. The van der Waals surface area contributed by atoms with E-state index < -0.39 is 17.9 Å². The minimum absolute atomic E-state index is 0.128. The summed E-state index contributed by atoms with van der Waals surface area (Å²) in [5.74, 6) is -1.25. The van der Waals surface area contributed by atoms with E-state index in [2.05, 4.69) is 15.5 Å². The number of nitrogens with zero attached hydrogens (tertiary/aromatic N) is 4. The summed E-state index contributed by atoms with van der Waals surface area (Å²) in [7, 11) is 0. The minimum atomic E-state index is -1.09. The number of aliphatic carboxylic acids is 1. The number of amides is 1. The Labute approximate surface area is 170 Å². The van der Waals surface area contributed by atoms with E-state index in [1.165, 1.54) is 19.2 Å². The first kappa shape index (κ1) is 19.9. The molecule has 0 bridgehead atoms. The maximum absolute atomic E-state index is 12.5. The molecule has 1 atom stereocenters. The van der Waals surface area contributed by atoms with Gasteiger partial charge in [0.15, 0.2) is 5.82 Å². The van der Waals surface area contributed by atoms with Crippen molar-refractivity contribution < 1.29 is 14.7 Å². The average molecular weight is 422 g/mol. The largest absolute Gasteiger partial charge is 0.480 e. The average Bonchev–Trinajstić information content (AvgIpc) is 3.23. The molecule has 1 amide bonds. The van der Waals surface area contributed by atoms with Gasteiger partial charge in [-0.05, 0) is 37.6 Å². The molecule has 0 spiro atoms. The van der Waals surface area contributed by atoms with E-state index in [1.54, 1.807) is 22.9 Å². The number of carboxylic acids is 1. The van der Waals surface area contributed by atoms with Crippen LogP contribution in [0.3, 0.4) is 0 Å². The third-order valence-electron chi connectivity index (χ3n) is 4.19. The Balaban J connectivity index is 1.78. The first-order valence-corrected chi connectivity index (χ1v) is 9.08. The van der Waals surface area contributed by atoms with E-state index in [4.69, 9.17) is 28.3 Å². The van der Waals surface area contributed by atoms with Crippen LogP contribution in [0.1, 0.15) is 34.7 Å². The second-order valence-electron chi connectivity index (χ2n) is 6.19. The molecule has 0 fully saturated rings. The van der Waals surface area contributed by atoms with Crippen LogP contribution in [-0.2, 0) is 11.3 Å². The number of carbonyl (C=O) groups is 2. The lowest BCUT2D eigenvalue weighted by Gasteiger charge is -2.10. The quantitative estimate of drug-likeness (QED) is 0.632. The highest BCUT2D eigenvalue weighted by Gasteiger charge is 2.21. The van der Waals surface area contributed by atoms with Crippen molar-refractivity contribution in [2.45, 2.75) is 26.4 Å². The van der Waals surface area contributed by atoms with E-state index in [0.717, 1.165) is 15.9 Å². The zero-order chi connectivity index (χ0) is 20.4. The summed E-state index contributed by atoms with van der Waals surface area (Å²) >= 11 is 12.1. The number of hydrogen-bond donors (Lipinski definition) is 2. The molecule has 0 saturated heterocycles. The van der Waals surface area contributed by atoms with Crippen LogP contribution in [0.25, 0.3) is 0 Å². The molecule has 0 aliphatic carbocycles. The summed E-state index contributed by atoms with van der Waals surface area (Å²) in [5.41, 5.74) is 1.78. The summed E-state index contributed by atoms with van der Waals surface area (Å²) < 4.78 is 2.84. The van der Waals surface area contributed by atoms with Gasteiger partial charge in [0, 0.05) is 28.0 Å². The van der Waals surface area contributed by atoms with Crippen LogP contribution in [0.15, 0.2) is 36.5 Å². The highest BCUT2D eigenvalue weighted by atomic mass is 35.5. The lowest BCUT2D eigenvalue weighted by atomic mass is 10.2. The molecule has 28 heavy (non-hydrogen) atoms. The van der Waals surface area contributed by atoms with Crippen molar-refractivity contribution in [3.8, 4) is 0 Å². The van der Waals surface area contributed by atoms with Crippen LogP contribution >= 0.6 is 23.2 Å². The van der Waals surface area contributed by atoms with Crippen molar-refractivity contribution in [2.75, 3.05) is 5.32 Å². The van der Waals surface area contributed by atoms with Crippen molar-refractivity contribution in [1.82, 2.24) is 19.6 Å². The fourth-order valence-electron chi connectivity index (χ4n) is 2.63. The van der Waals surface area contributed by atoms with E-state index in [-0.39, 0.29) is 5.69 Å². The van der Waals surface area contributed by atoms with Crippen molar-refractivity contribution in [2.24, 2.45) is 0 Å². The Morgan fingerprint density at radius 2 is 2.00 bits per heavy atom. The number of rotatable bonds is 6. The van der Waals surface area contributed by atoms with Gasteiger partial charge < -0.3 is 10.4 Å². The Hall–Kier alpha value is -2.84. The molecular weight excluding hydrogens is 405 g/mol. The summed E-state index contributed by atoms with van der Waals surface area (Å²) in [6, 6.07) is 7.41. The van der Waals surface area contributed by atoms with Gasteiger partial charge in [-0.25, -0.2) is 9.48 Å². The maximum Gasteiger partial charge on any atom is 0.328 e. The third kappa shape index (κ3) is 4.18. The fourth-order valence-corrected chi connectivity index (χ4v) is 3.10. The first-order valence-electron chi connectivity index (χ1n) is 8.32. The summed E-state index contributed by atoms with van der Waals surface area (Å²) in [6.45, 7) is 3.70. The summed E-state index contributed by atoms with van der Waals surface area (Å²) in [6.07, 6.45) is 1.38. The Kier molecular flexibility index (Phi) is 5.71. The van der Waals surface area contributed by atoms with E-state index in [0.29, 0.717) is 22.4 Å². The number of aryl methyl sites for hydroxylation is 1. The molecule has 3 aromatic rings. The standard InChI is InChI=1S/C18H17Cl2N5O3/c1-10-7-16(23-24(10)9-12-3-4-13(19)8-14(12)20)22-17(26)15-5-6-21-25(15)11(2)18(27)28/h3-8,11H,9H2,1-2H3,(H,27,28)(H,22,23,26). The van der Waals surface area contributed by atoms with Crippen LogP contribution in [0.4, 0.5) is 5.82 Å². The van der Waals surface area contributed by atoms with Crippen LogP contribution in [0.5, 0.6) is 0 Å². The number of halogens is 2. The van der Waals surface area contributed by atoms with Crippen LogP contribution < -0.4 is 5.32 Å². The van der Waals surface area contributed by atoms with Gasteiger partial charge >= 0.3 is 5.97 Å². The second kappa shape index (κ2) is 8.04. The molecule has 0 aliphatic heterocycles. The van der Waals surface area contributed by atoms with Crippen molar-refractivity contribution >= 4 is 40.9 Å². The van der Waals surface area contributed by atoms with E-state index in [9.17, 15) is 9.59 Å². The maximum atomic E-state index is 12.5. The van der Waals surface area contributed by atoms with Gasteiger partial charge in [-0.15, -0.1) is 0 Å². The Morgan fingerprint density at radius 3 is 2.68 bits per heavy atom. The van der Waals surface area contributed by atoms with Crippen molar-refractivity contribution in [3.05, 3.63) is 63.5 Å². The third-order valence-corrected chi connectivity index (χ3v) is 4.77. The topological polar surface area (TPSA) is 102 Å². The molecule has 8 nitrogen and oxygen atoms in total. The lowest BCUT2D eigenvalue weighted by Crippen LogP contribution is -2.24. The molecule has 1 aromatic carbocycles. The van der Waals surface area contributed by atoms with Crippen LogP contribution in [-0.4, -0.2) is 36.5 Å². The molecule has 0 saturated carbocycles. The second-order valence-corrected chi connectivity index (χ2v) is 7.04. The molecule has 3 rings (SSSR count). The van der Waals surface area contributed by atoms with Gasteiger partial charge in [0.2, 0.25) is 0 Å². The molecule has 2 aromatic heterocycles. The van der Waals surface area contributed by atoms with E-state index >= 15 is 0 Å². The predicted octanol–water partition coefficient (Wildman–Crippen LogP) is 3.64. The van der Waals surface area contributed by atoms with Gasteiger partial charge in [0.25, 0.3) is 5.91 Å². The van der Waals surface area contributed by atoms with E-state index in [1.807, 2.05) is 13.0 Å². The molecule has 2 heterocycles. The molecule has 0 aliphatic rings. The van der Waals surface area contributed by atoms with Crippen LogP contribution in [0.2, 0.25) is 10.0 Å². The SMILES string of the molecule is Cc1cc(NC(=O)c2ccnn2C(C)C(=O)O)nn1Cc1ccc(Cl)cc1Cl. The molecule has 0 radical (unpaired) electrons. The fraction of sp³-hybridized carbons (Fsp3) is 0.222. The van der Waals surface area contributed by atoms with Gasteiger partial charge in [0.05, 0.1) is 6.54 Å². The number of nitrogens with one attached hydrogen (secondary N) is 1. The molecule has 2 N–H and O–H groups in total. The normalized spacial score (nSPS) is 12.0. The molecular formula is C18H17Cl2N5O3. The highest BCUT2D eigenvalue weighted by Crippen LogP contribution is 2.23. The van der Waals surface area contributed by atoms with Gasteiger partial charge in [-0.2, -0.15) is 10.2 Å². The number of aromatic nitrogens is 4. The molecule has 10 heteroatoms. The highest BCUT2D eigenvalue weighted by molar-refractivity contribution is 6.35. The summed E-state index contributed by atoms with van der Waals surface area (Å²) in [5, 5.41) is 21.2. The Morgan fingerprint density at radius 1 is 1.25 bits per heavy atom. The summed E-state index contributed by atoms with van der Waals surface area (Å²) in [4.78, 5) is 23.7. The lowest BCUT2D eigenvalue weighted by molar-refractivity contribution is -0.140. The first-order chi connectivity index (χ1) is 13.3. The molecule has 1 unspecified atom stereocenters. The monoisotopic (exact) mass is 421 g/mol. The number of carboxylic acid groups (broad SMARTS) is 1. The van der Waals surface area contributed by atoms with Crippen LogP contribution in [0, 0.1) is 6.92 Å². The van der Waals surface area contributed by atoms with Crippen molar-refractivity contribution in [3.63, 3.8) is 0 Å². The van der Waals surface area contributed by atoms with Gasteiger partial charge in [-0.3, -0.25) is 9.48 Å². The number of benzene rings is 1.